The molecule has 0 fully saturated rings. The number of benzene rings is 1. The summed E-state index contributed by atoms with van der Waals surface area (Å²) in [6, 6.07) is 7.42. The smallest absolute Gasteiger partial charge is 0.215 e. The van der Waals surface area contributed by atoms with E-state index in [1.54, 1.807) is 0 Å². The summed E-state index contributed by atoms with van der Waals surface area (Å²) in [5.74, 6) is 0.0101. The zero-order valence-electron chi connectivity index (χ0n) is 13.0. The van der Waals surface area contributed by atoms with Gasteiger partial charge in [0.1, 0.15) is 0 Å². The fourth-order valence-electron chi connectivity index (χ4n) is 2.29. The van der Waals surface area contributed by atoms with Crippen molar-refractivity contribution in [2.24, 2.45) is 5.73 Å². The van der Waals surface area contributed by atoms with Gasteiger partial charge >= 0.3 is 0 Å². The summed E-state index contributed by atoms with van der Waals surface area (Å²) in [6.07, 6.45) is 6.91. The van der Waals surface area contributed by atoms with Crippen LogP contribution in [0.4, 0.5) is 0 Å². The van der Waals surface area contributed by atoms with Gasteiger partial charge in [0, 0.05) is 13.1 Å². The Morgan fingerprint density at radius 3 is 2.29 bits per heavy atom. The van der Waals surface area contributed by atoms with Gasteiger partial charge in [-0.05, 0) is 17.5 Å². The third-order valence-corrected chi connectivity index (χ3v) is 4.87. The molecule has 1 rings (SSSR count). The largest absolute Gasteiger partial charge is 0.326 e. The fraction of sp³-hybridized carbons (Fsp3) is 0.625. The second-order valence-electron chi connectivity index (χ2n) is 5.39. The Bertz CT molecular complexity index is 501. The first-order valence-corrected chi connectivity index (χ1v) is 9.48. The highest BCUT2D eigenvalue weighted by Crippen LogP contribution is 2.11. The lowest BCUT2D eigenvalue weighted by atomic mass is 10.1. The lowest BCUT2D eigenvalue weighted by molar-refractivity contribution is 0.567. The van der Waals surface area contributed by atoms with E-state index in [0.717, 1.165) is 24.0 Å². The van der Waals surface area contributed by atoms with Gasteiger partial charge in [0.15, 0.2) is 0 Å². The van der Waals surface area contributed by atoms with E-state index in [4.69, 9.17) is 5.73 Å². The highest BCUT2D eigenvalue weighted by atomic mass is 32.2. The van der Waals surface area contributed by atoms with Gasteiger partial charge in [0.25, 0.3) is 0 Å². The van der Waals surface area contributed by atoms with Crippen molar-refractivity contribution in [2.75, 3.05) is 6.54 Å². The fourth-order valence-corrected chi connectivity index (χ4v) is 3.53. The van der Waals surface area contributed by atoms with Gasteiger partial charge in [-0.15, -0.1) is 0 Å². The Labute approximate surface area is 129 Å². The summed E-state index contributed by atoms with van der Waals surface area (Å²) >= 11 is 0. The average Bonchev–Trinajstić information content (AvgIpc) is 2.46. The number of nitrogens with two attached hydrogens (primary N) is 1. The van der Waals surface area contributed by atoms with Crippen LogP contribution in [-0.4, -0.2) is 15.0 Å². The predicted octanol–water partition coefficient (Wildman–Crippen LogP) is 2.93. The molecule has 120 valence electrons. The average molecular weight is 312 g/mol. The monoisotopic (exact) mass is 312 g/mol. The van der Waals surface area contributed by atoms with Crippen LogP contribution < -0.4 is 10.5 Å². The minimum absolute atomic E-state index is 0.0101. The van der Waals surface area contributed by atoms with Crippen molar-refractivity contribution in [1.29, 1.82) is 0 Å². The number of hydrogen-bond acceptors (Lipinski definition) is 3. The third-order valence-electron chi connectivity index (χ3n) is 3.54. The minimum Gasteiger partial charge on any atom is -0.326 e. The maximum absolute atomic E-state index is 12.1. The molecule has 1 aromatic carbocycles. The molecular formula is C16H28N2O2S. The Kier molecular flexibility index (Phi) is 8.57. The molecule has 0 atom stereocenters. The van der Waals surface area contributed by atoms with E-state index in [9.17, 15) is 8.42 Å². The molecule has 21 heavy (non-hydrogen) atoms. The number of rotatable bonds is 11. The van der Waals surface area contributed by atoms with E-state index in [-0.39, 0.29) is 5.75 Å². The minimum atomic E-state index is -3.27. The highest BCUT2D eigenvalue weighted by Gasteiger charge is 2.12. The van der Waals surface area contributed by atoms with Crippen LogP contribution >= 0.6 is 0 Å². The zero-order valence-corrected chi connectivity index (χ0v) is 13.8. The van der Waals surface area contributed by atoms with Crippen molar-refractivity contribution >= 4 is 10.0 Å². The number of hydrogen-bond donors (Lipinski definition) is 2. The van der Waals surface area contributed by atoms with Crippen LogP contribution in [0.3, 0.4) is 0 Å². The van der Waals surface area contributed by atoms with Crippen LogP contribution in [0.15, 0.2) is 24.3 Å². The Balaban J connectivity index is 2.33. The normalized spacial score (nSPS) is 11.7. The Morgan fingerprint density at radius 2 is 1.62 bits per heavy atom. The van der Waals surface area contributed by atoms with Crippen molar-refractivity contribution in [3.63, 3.8) is 0 Å². The van der Waals surface area contributed by atoms with Gasteiger partial charge in [-0.3, -0.25) is 0 Å². The van der Waals surface area contributed by atoms with E-state index in [0.29, 0.717) is 13.1 Å². The molecule has 0 aliphatic carbocycles. The first kappa shape index (κ1) is 18.1. The van der Waals surface area contributed by atoms with Crippen LogP contribution in [0, 0.1) is 0 Å². The predicted molar refractivity (Wildman–Crippen MR) is 88.3 cm³/mol. The van der Waals surface area contributed by atoms with Crippen LogP contribution in [0.25, 0.3) is 0 Å². The van der Waals surface area contributed by atoms with Gasteiger partial charge < -0.3 is 5.73 Å². The summed E-state index contributed by atoms with van der Waals surface area (Å²) in [5.41, 5.74) is 7.31. The molecule has 0 aliphatic rings. The van der Waals surface area contributed by atoms with Gasteiger partial charge in [-0.2, -0.15) is 0 Å². The van der Waals surface area contributed by atoms with Crippen LogP contribution in [0.2, 0.25) is 0 Å². The molecule has 0 amide bonds. The molecular weight excluding hydrogens is 284 g/mol. The standard InChI is InChI=1S/C16H28N2O2S/c1-2-3-4-5-6-9-12-18-21(19,20)14-16-11-8-7-10-15(16)13-17/h7-8,10-11,18H,2-6,9,12-14,17H2,1H3. The highest BCUT2D eigenvalue weighted by molar-refractivity contribution is 7.88. The molecule has 0 radical (unpaired) electrons. The topological polar surface area (TPSA) is 72.2 Å². The van der Waals surface area contributed by atoms with E-state index < -0.39 is 10.0 Å². The molecule has 0 bridgehead atoms. The summed E-state index contributed by atoms with van der Waals surface area (Å²) in [4.78, 5) is 0. The summed E-state index contributed by atoms with van der Waals surface area (Å²) < 4.78 is 26.8. The maximum atomic E-state index is 12.1. The molecule has 5 heteroatoms. The van der Waals surface area contributed by atoms with Crippen molar-refractivity contribution in [2.45, 2.75) is 57.7 Å². The van der Waals surface area contributed by atoms with Crippen molar-refractivity contribution in [3.05, 3.63) is 35.4 Å². The SMILES string of the molecule is CCCCCCCCNS(=O)(=O)Cc1ccccc1CN. The van der Waals surface area contributed by atoms with Crippen LogP contribution in [-0.2, 0) is 22.3 Å². The maximum Gasteiger partial charge on any atom is 0.215 e. The molecule has 0 aromatic heterocycles. The molecule has 0 aliphatic heterocycles. The molecule has 0 spiro atoms. The summed E-state index contributed by atoms with van der Waals surface area (Å²) in [5, 5.41) is 0. The molecule has 0 saturated carbocycles. The van der Waals surface area contributed by atoms with Gasteiger partial charge in [0.2, 0.25) is 10.0 Å². The quantitative estimate of drug-likeness (QED) is 0.617. The molecule has 0 unspecified atom stereocenters. The molecule has 0 saturated heterocycles. The van der Waals surface area contributed by atoms with Crippen molar-refractivity contribution < 1.29 is 8.42 Å². The summed E-state index contributed by atoms with van der Waals surface area (Å²) in [7, 11) is -3.27. The lowest BCUT2D eigenvalue weighted by Crippen LogP contribution is -2.26. The Hall–Kier alpha value is -0.910. The van der Waals surface area contributed by atoms with Crippen molar-refractivity contribution in [3.8, 4) is 0 Å². The van der Waals surface area contributed by atoms with Crippen molar-refractivity contribution in [1.82, 2.24) is 4.72 Å². The molecule has 4 nitrogen and oxygen atoms in total. The second-order valence-corrected chi connectivity index (χ2v) is 7.20. The van der Waals surface area contributed by atoms with E-state index in [1.165, 1.54) is 25.7 Å². The first-order chi connectivity index (χ1) is 10.1. The van der Waals surface area contributed by atoms with Crippen LogP contribution in [0.5, 0.6) is 0 Å². The third kappa shape index (κ3) is 7.60. The lowest BCUT2D eigenvalue weighted by Gasteiger charge is -2.10. The molecule has 3 N–H and O–H groups in total. The number of unbranched alkanes of at least 4 members (excludes halogenated alkanes) is 5. The van der Waals surface area contributed by atoms with Gasteiger partial charge in [0.05, 0.1) is 5.75 Å². The number of sulfonamides is 1. The van der Waals surface area contributed by atoms with Crippen LogP contribution in [0.1, 0.15) is 56.6 Å². The molecule has 0 heterocycles. The van der Waals surface area contributed by atoms with Gasteiger partial charge in [-0.25, -0.2) is 13.1 Å². The van der Waals surface area contributed by atoms with E-state index in [2.05, 4.69) is 11.6 Å². The Morgan fingerprint density at radius 1 is 1.00 bits per heavy atom. The van der Waals surface area contributed by atoms with E-state index >= 15 is 0 Å². The molecule has 1 aromatic rings. The van der Waals surface area contributed by atoms with Gasteiger partial charge in [-0.1, -0.05) is 63.3 Å². The van der Waals surface area contributed by atoms with E-state index in [1.807, 2.05) is 24.3 Å². The summed E-state index contributed by atoms with van der Waals surface area (Å²) in [6.45, 7) is 3.08. The second kappa shape index (κ2) is 9.92. The number of nitrogens with one attached hydrogen (secondary N) is 1. The zero-order chi connectivity index (χ0) is 15.6. The first-order valence-electron chi connectivity index (χ1n) is 7.83.